The average Bonchev–Trinajstić information content (AvgIpc) is 2.86. The summed E-state index contributed by atoms with van der Waals surface area (Å²) in [6.45, 7) is 1.78. The summed E-state index contributed by atoms with van der Waals surface area (Å²) in [4.78, 5) is 12.1. The summed E-state index contributed by atoms with van der Waals surface area (Å²) in [5, 5.41) is 10.8. The van der Waals surface area contributed by atoms with Gasteiger partial charge < -0.3 is 5.32 Å². The van der Waals surface area contributed by atoms with E-state index in [2.05, 4.69) is 15.5 Å². The van der Waals surface area contributed by atoms with Crippen LogP contribution in [0.25, 0.3) is 0 Å². The van der Waals surface area contributed by atoms with Crippen molar-refractivity contribution in [1.82, 2.24) is 10.2 Å². The van der Waals surface area contributed by atoms with Gasteiger partial charge in [-0.1, -0.05) is 52.4 Å². The van der Waals surface area contributed by atoms with Gasteiger partial charge in [0.15, 0.2) is 4.34 Å². The summed E-state index contributed by atoms with van der Waals surface area (Å²) in [7, 11) is 0. The van der Waals surface area contributed by atoms with Crippen molar-refractivity contribution in [2.75, 3.05) is 5.32 Å². The van der Waals surface area contributed by atoms with Crippen LogP contribution in [0, 0.1) is 0 Å². The molecule has 1 heterocycles. The average molecular weight is 334 g/mol. The minimum Gasteiger partial charge on any atom is -0.323 e. The monoisotopic (exact) mass is 333 g/mol. The zero-order chi connectivity index (χ0) is 13.8. The number of carbonyl (C=O) groups excluding carboxylic acids is 1. The molecule has 0 saturated carbocycles. The number of amides is 1. The maximum absolute atomic E-state index is 12.1. The van der Waals surface area contributed by atoms with Crippen molar-refractivity contribution in [2.24, 2.45) is 0 Å². The van der Waals surface area contributed by atoms with Crippen LogP contribution in [0.4, 0.5) is 5.69 Å². The van der Waals surface area contributed by atoms with Gasteiger partial charge >= 0.3 is 0 Å². The number of aromatic nitrogens is 2. The number of nitrogens with one attached hydrogen (secondary N) is 1. The van der Waals surface area contributed by atoms with Crippen LogP contribution in [0.2, 0.25) is 10.0 Å². The first-order chi connectivity index (χ1) is 9.08. The molecule has 1 aromatic carbocycles. The zero-order valence-electron chi connectivity index (χ0n) is 9.76. The van der Waals surface area contributed by atoms with Gasteiger partial charge in [-0.25, -0.2) is 0 Å². The first kappa shape index (κ1) is 14.6. The van der Waals surface area contributed by atoms with Crippen LogP contribution in [-0.4, -0.2) is 21.4 Å². The Labute approximate surface area is 128 Å². The fourth-order valence-corrected chi connectivity index (χ4v) is 3.38. The molecule has 0 aliphatic heterocycles. The van der Waals surface area contributed by atoms with Gasteiger partial charge in [-0.2, -0.15) is 0 Å². The van der Waals surface area contributed by atoms with Gasteiger partial charge in [0.1, 0.15) is 5.51 Å². The molecule has 0 fully saturated rings. The van der Waals surface area contributed by atoms with E-state index >= 15 is 0 Å². The Balaban J connectivity index is 2.04. The molecule has 0 unspecified atom stereocenters. The van der Waals surface area contributed by atoms with Crippen molar-refractivity contribution in [3.05, 3.63) is 33.8 Å². The Kier molecular flexibility index (Phi) is 5.04. The molecule has 0 aliphatic rings. The fourth-order valence-electron chi connectivity index (χ4n) is 1.26. The molecule has 0 saturated heterocycles. The van der Waals surface area contributed by atoms with E-state index in [9.17, 15) is 4.79 Å². The molecule has 0 radical (unpaired) electrons. The number of hydrogen-bond donors (Lipinski definition) is 1. The highest BCUT2D eigenvalue weighted by Crippen LogP contribution is 2.31. The summed E-state index contributed by atoms with van der Waals surface area (Å²) < 4.78 is 0.743. The van der Waals surface area contributed by atoms with E-state index in [0.717, 1.165) is 4.34 Å². The first-order valence-electron chi connectivity index (χ1n) is 5.25. The Bertz CT molecular complexity index is 557. The maximum Gasteiger partial charge on any atom is 0.237 e. The summed E-state index contributed by atoms with van der Waals surface area (Å²) in [5.74, 6) is -0.185. The normalized spacial score (nSPS) is 12.2. The van der Waals surface area contributed by atoms with Crippen LogP contribution in [0.1, 0.15) is 6.92 Å². The smallest absolute Gasteiger partial charge is 0.237 e. The SMILES string of the molecule is C[C@H](Sc1nncs1)C(=O)Nc1c(Cl)cccc1Cl. The van der Waals surface area contributed by atoms with Crippen molar-refractivity contribution in [3.8, 4) is 0 Å². The number of hydrogen-bond acceptors (Lipinski definition) is 5. The number of anilines is 1. The zero-order valence-corrected chi connectivity index (χ0v) is 12.9. The molecule has 1 amide bonds. The summed E-state index contributed by atoms with van der Waals surface area (Å²) in [5.41, 5.74) is 2.05. The third kappa shape index (κ3) is 3.82. The molecule has 1 atom stereocenters. The Hall–Kier alpha value is -0.820. The lowest BCUT2D eigenvalue weighted by atomic mass is 10.3. The van der Waals surface area contributed by atoms with Crippen LogP contribution in [0.3, 0.4) is 0 Å². The summed E-state index contributed by atoms with van der Waals surface area (Å²) >= 11 is 14.7. The van der Waals surface area contributed by atoms with Gasteiger partial charge in [-0.15, -0.1) is 10.2 Å². The van der Waals surface area contributed by atoms with Crippen LogP contribution in [-0.2, 0) is 4.79 Å². The van der Waals surface area contributed by atoms with Crippen LogP contribution >= 0.6 is 46.3 Å². The first-order valence-corrected chi connectivity index (χ1v) is 7.77. The molecule has 19 heavy (non-hydrogen) atoms. The lowest BCUT2D eigenvalue weighted by molar-refractivity contribution is -0.115. The topological polar surface area (TPSA) is 54.9 Å². The third-order valence-electron chi connectivity index (χ3n) is 2.20. The van der Waals surface area contributed by atoms with E-state index < -0.39 is 0 Å². The second-order valence-corrected chi connectivity index (χ2v) is 6.79. The van der Waals surface area contributed by atoms with Gasteiger partial charge in [0.25, 0.3) is 0 Å². The highest BCUT2D eigenvalue weighted by molar-refractivity contribution is 8.02. The molecule has 1 aromatic heterocycles. The van der Waals surface area contributed by atoms with Gasteiger partial charge in [0.2, 0.25) is 5.91 Å². The van der Waals surface area contributed by atoms with Crippen molar-refractivity contribution in [3.63, 3.8) is 0 Å². The highest BCUT2D eigenvalue weighted by atomic mass is 35.5. The Morgan fingerprint density at radius 2 is 2.11 bits per heavy atom. The van der Waals surface area contributed by atoms with Gasteiger partial charge in [0.05, 0.1) is 21.0 Å². The molecule has 2 rings (SSSR count). The van der Waals surface area contributed by atoms with Gasteiger partial charge in [-0.3, -0.25) is 4.79 Å². The van der Waals surface area contributed by atoms with E-state index in [-0.39, 0.29) is 11.2 Å². The Morgan fingerprint density at radius 3 is 2.68 bits per heavy atom. The van der Waals surface area contributed by atoms with Gasteiger partial charge in [-0.05, 0) is 19.1 Å². The predicted molar refractivity (Wildman–Crippen MR) is 80.3 cm³/mol. The number of benzene rings is 1. The molecular weight excluding hydrogens is 325 g/mol. The lowest BCUT2D eigenvalue weighted by Gasteiger charge is -2.12. The van der Waals surface area contributed by atoms with Crippen LogP contribution < -0.4 is 5.32 Å². The molecule has 4 nitrogen and oxygen atoms in total. The molecule has 0 bridgehead atoms. The number of halogens is 2. The largest absolute Gasteiger partial charge is 0.323 e. The molecule has 0 aliphatic carbocycles. The summed E-state index contributed by atoms with van der Waals surface area (Å²) in [6.07, 6.45) is 0. The Morgan fingerprint density at radius 1 is 1.42 bits per heavy atom. The van der Waals surface area contributed by atoms with E-state index in [1.807, 2.05) is 0 Å². The predicted octanol–water partition coefficient (Wildman–Crippen LogP) is 3.96. The number of carbonyl (C=O) groups is 1. The van der Waals surface area contributed by atoms with Crippen molar-refractivity contribution in [2.45, 2.75) is 16.5 Å². The van der Waals surface area contributed by atoms with Gasteiger partial charge in [0, 0.05) is 0 Å². The third-order valence-corrected chi connectivity index (χ3v) is 4.74. The fraction of sp³-hybridized carbons (Fsp3) is 0.182. The molecule has 1 N–H and O–H groups in total. The number of nitrogens with zero attached hydrogens (tertiary/aromatic N) is 2. The molecule has 2 aromatic rings. The number of rotatable bonds is 4. The van der Waals surface area contributed by atoms with E-state index in [1.54, 1.807) is 30.6 Å². The lowest BCUT2D eigenvalue weighted by Crippen LogP contribution is -2.22. The van der Waals surface area contributed by atoms with Crippen molar-refractivity contribution < 1.29 is 4.79 Å². The number of para-hydroxylation sites is 1. The minimum absolute atomic E-state index is 0.185. The standard InChI is InChI=1S/C11H9Cl2N3OS2/c1-6(19-11-16-14-5-18-11)10(17)15-9-7(12)3-2-4-8(9)13/h2-6H,1H3,(H,15,17)/t6-/m0/s1. The van der Waals surface area contributed by atoms with Crippen molar-refractivity contribution in [1.29, 1.82) is 0 Å². The molecule has 8 heteroatoms. The summed E-state index contributed by atoms with van der Waals surface area (Å²) in [6, 6.07) is 5.07. The van der Waals surface area contributed by atoms with Crippen LogP contribution in [0.5, 0.6) is 0 Å². The van der Waals surface area contributed by atoms with Crippen LogP contribution in [0.15, 0.2) is 28.0 Å². The highest BCUT2D eigenvalue weighted by Gasteiger charge is 2.18. The minimum atomic E-state index is -0.319. The molecule has 100 valence electrons. The van der Waals surface area contributed by atoms with E-state index in [0.29, 0.717) is 15.7 Å². The second-order valence-electron chi connectivity index (χ2n) is 3.55. The number of thioether (sulfide) groups is 1. The van der Waals surface area contributed by atoms with E-state index in [4.69, 9.17) is 23.2 Å². The maximum atomic E-state index is 12.1. The molecule has 0 spiro atoms. The van der Waals surface area contributed by atoms with Crippen molar-refractivity contribution >= 4 is 57.9 Å². The van der Waals surface area contributed by atoms with E-state index in [1.165, 1.54) is 23.1 Å². The second kappa shape index (κ2) is 6.56. The quantitative estimate of drug-likeness (QED) is 0.860. The molecular formula is C11H9Cl2N3OS2.